The van der Waals surface area contributed by atoms with Crippen molar-refractivity contribution >= 4 is 40.5 Å². The van der Waals surface area contributed by atoms with Gasteiger partial charge >= 0.3 is 0 Å². The van der Waals surface area contributed by atoms with Gasteiger partial charge in [-0.25, -0.2) is 0 Å². The van der Waals surface area contributed by atoms with Crippen molar-refractivity contribution < 1.29 is 9.72 Å². The Balaban J connectivity index is 2.40. The molecule has 0 aliphatic carbocycles. The van der Waals surface area contributed by atoms with Crippen molar-refractivity contribution in [2.24, 2.45) is 0 Å². The van der Waals surface area contributed by atoms with Crippen molar-refractivity contribution in [3.63, 3.8) is 0 Å². The highest BCUT2D eigenvalue weighted by Crippen LogP contribution is 2.31. The van der Waals surface area contributed by atoms with E-state index in [0.717, 1.165) is 23.6 Å². The molecule has 0 aliphatic heterocycles. The molecule has 7 heteroatoms. The van der Waals surface area contributed by atoms with Crippen LogP contribution in [-0.4, -0.2) is 10.8 Å². The van der Waals surface area contributed by atoms with Crippen molar-refractivity contribution in [2.45, 2.75) is 26.7 Å². The summed E-state index contributed by atoms with van der Waals surface area (Å²) in [4.78, 5) is 22.8. The molecule has 0 radical (unpaired) electrons. The number of anilines is 1. The van der Waals surface area contributed by atoms with Crippen molar-refractivity contribution in [1.82, 2.24) is 0 Å². The normalized spacial score (nSPS) is 10.5. The van der Waals surface area contributed by atoms with E-state index in [-0.39, 0.29) is 16.3 Å². The maximum atomic E-state index is 12.6. The predicted octanol–water partition coefficient (Wildman–Crippen LogP) is 5.28. The number of non-ortho nitro benzene ring substituents is 1. The molecule has 5 nitrogen and oxygen atoms in total. The minimum Gasteiger partial charge on any atom is -0.321 e. The van der Waals surface area contributed by atoms with Crippen LogP contribution in [0.4, 0.5) is 11.4 Å². The van der Waals surface area contributed by atoms with Gasteiger partial charge in [0, 0.05) is 22.8 Å². The number of hydrogen-bond acceptors (Lipinski definition) is 3. The topological polar surface area (TPSA) is 72.2 Å². The standard InChI is InChI=1S/C17H16Cl2N2O3/c1-3-10-5-8-14(18)12(4-2)16(10)20-17(22)13-7-6-11(21(23)24)9-15(13)19/h5-9H,3-4H2,1-2H3,(H,20,22). The quantitative estimate of drug-likeness (QED) is 0.577. The number of nitro groups is 1. The fourth-order valence-electron chi connectivity index (χ4n) is 2.45. The minimum atomic E-state index is -0.561. The molecule has 0 unspecified atom stereocenters. The van der Waals surface area contributed by atoms with E-state index in [1.807, 2.05) is 26.0 Å². The van der Waals surface area contributed by atoms with Gasteiger partial charge in [-0.15, -0.1) is 0 Å². The molecule has 1 N–H and O–H groups in total. The van der Waals surface area contributed by atoms with Gasteiger partial charge in [-0.3, -0.25) is 14.9 Å². The first-order chi connectivity index (χ1) is 11.4. The lowest BCUT2D eigenvalue weighted by molar-refractivity contribution is -0.384. The molecule has 0 aromatic heterocycles. The molecular weight excluding hydrogens is 351 g/mol. The van der Waals surface area contributed by atoms with Gasteiger partial charge < -0.3 is 5.32 Å². The van der Waals surface area contributed by atoms with E-state index in [1.165, 1.54) is 12.1 Å². The third-order valence-corrected chi connectivity index (χ3v) is 4.39. The number of amides is 1. The van der Waals surface area contributed by atoms with E-state index in [2.05, 4.69) is 5.32 Å². The molecule has 0 saturated carbocycles. The SMILES string of the molecule is CCc1ccc(Cl)c(CC)c1NC(=O)c1ccc([N+](=O)[O-])cc1Cl. The van der Waals surface area contributed by atoms with E-state index in [0.29, 0.717) is 17.1 Å². The highest BCUT2D eigenvalue weighted by Gasteiger charge is 2.18. The van der Waals surface area contributed by atoms with Gasteiger partial charge in [0.05, 0.1) is 15.5 Å². The molecular formula is C17H16Cl2N2O3. The van der Waals surface area contributed by atoms with Crippen LogP contribution < -0.4 is 5.32 Å². The van der Waals surface area contributed by atoms with Gasteiger partial charge in [0.2, 0.25) is 0 Å². The molecule has 0 heterocycles. The van der Waals surface area contributed by atoms with Crippen molar-refractivity contribution in [3.05, 3.63) is 67.2 Å². The number of halogens is 2. The average molecular weight is 367 g/mol. The van der Waals surface area contributed by atoms with Crippen LogP contribution >= 0.6 is 23.2 Å². The Labute approximate surface area is 149 Å². The summed E-state index contributed by atoms with van der Waals surface area (Å²) >= 11 is 12.2. The lowest BCUT2D eigenvalue weighted by Crippen LogP contribution is -2.15. The van der Waals surface area contributed by atoms with Crippen LogP contribution in [0.2, 0.25) is 10.0 Å². The smallest absolute Gasteiger partial charge is 0.270 e. The van der Waals surface area contributed by atoms with Crippen molar-refractivity contribution in [3.8, 4) is 0 Å². The van der Waals surface area contributed by atoms with E-state index in [1.54, 1.807) is 0 Å². The van der Waals surface area contributed by atoms with E-state index in [4.69, 9.17) is 23.2 Å². The second kappa shape index (κ2) is 7.64. The molecule has 24 heavy (non-hydrogen) atoms. The Morgan fingerprint density at radius 2 is 1.83 bits per heavy atom. The second-order valence-corrected chi connectivity index (χ2v) is 5.96. The first-order valence-corrected chi connectivity index (χ1v) is 8.20. The van der Waals surface area contributed by atoms with Crippen LogP contribution in [0.1, 0.15) is 35.3 Å². The van der Waals surface area contributed by atoms with Gasteiger partial charge in [-0.1, -0.05) is 43.1 Å². The lowest BCUT2D eigenvalue weighted by Gasteiger charge is -2.16. The number of carbonyl (C=O) groups is 1. The Hall–Kier alpha value is -2.11. The lowest BCUT2D eigenvalue weighted by atomic mass is 10.0. The van der Waals surface area contributed by atoms with E-state index in [9.17, 15) is 14.9 Å². The zero-order chi connectivity index (χ0) is 17.9. The van der Waals surface area contributed by atoms with Crippen molar-refractivity contribution in [2.75, 3.05) is 5.32 Å². The molecule has 126 valence electrons. The molecule has 2 aromatic rings. The number of rotatable bonds is 5. The first kappa shape index (κ1) is 18.2. The number of nitrogens with one attached hydrogen (secondary N) is 1. The molecule has 0 bridgehead atoms. The van der Waals surface area contributed by atoms with Crippen LogP contribution in [0, 0.1) is 10.1 Å². The molecule has 1 amide bonds. The fraction of sp³-hybridized carbons (Fsp3) is 0.235. The van der Waals surface area contributed by atoms with E-state index < -0.39 is 10.8 Å². The number of carbonyl (C=O) groups excluding carboxylic acids is 1. The van der Waals surface area contributed by atoms with Crippen LogP contribution in [0.15, 0.2) is 30.3 Å². The fourth-order valence-corrected chi connectivity index (χ4v) is 3.00. The molecule has 0 atom stereocenters. The number of benzene rings is 2. The average Bonchev–Trinajstić information content (AvgIpc) is 2.55. The number of nitro benzene ring substituents is 1. The van der Waals surface area contributed by atoms with Crippen LogP contribution in [0.3, 0.4) is 0 Å². The predicted molar refractivity (Wildman–Crippen MR) is 96.3 cm³/mol. The van der Waals surface area contributed by atoms with Gasteiger partial charge in [0.25, 0.3) is 11.6 Å². The van der Waals surface area contributed by atoms with E-state index >= 15 is 0 Å². The molecule has 2 aromatic carbocycles. The highest BCUT2D eigenvalue weighted by molar-refractivity contribution is 6.35. The second-order valence-electron chi connectivity index (χ2n) is 5.14. The van der Waals surface area contributed by atoms with Gasteiger partial charge in [0.15, 0.2) is 0 Å². The third kappa shape index (κ3) is 3.68. The zero-order valence-corrected chi connectivity index (χ0v) is 14.7. The summed E-state index contributed by atoms with van der Waals surface area (Å²) in [6, 6.07) is 7.44. The minimum absolute atomic E-state index is 0.0276. The maximum absolute atomic E-state index is 12.6. The summed E-state index contributed by atoms with van der Waals surface area (Å²) in [5, 5.41) is 14.2. The summed E-state index contributed by atoms with van der Waals surface area (Å²) < 4.78 is 0. The van der Waals surface area contributed by atoms with Gasteiger partial charge in [-0.05, 0) is 36.1 Å². The molecule has 0 spiro atoms. The summed E-state index contributed by atoms with van der Waals surface area (Å²) in [6.07, 6.45) is 1.39. The Morgan fingerprint density at radius 1 is 1.12 bits per heavy atom. The van der Waals surface area contributed by atoms with Crippen LogP contribution in [-0.2, 0) is 12.8 Å². The maximum Gasteiger partial charge on any atom is 0.270 e. The Bertz CT molecular complexity index is 807. The monoisotopic (exact) mass is 366 g/mol. The van der Waals surface area contributed by atoms with Crippen molar-refractivity contribution in [1.29, 1.82) is 0 Å². The summed E-state index contributed by atoms with van der Waals surface area (Å²) in [6.45, 7) is 3.94. The Morgan fingerprint density at radius 3 is 2.38 bits per heavy atom. The molecule has 0 saturated heterocycles. The van der Waals surface area contributed by atoms with Crippen LogP contribution in [0.5, 0.6) is 0 Å². The van der Waals surface area contributed by atoms with Crippen LogP contribution in [0.25, 0.3) is 0 Å². The number of hydrogen-bond donors (Lipinski definition) is 1. The summed E-state index contributed by atoms with van der Waals surface area (Å²) in [7, 11) is 0. The number of aryl methyl sites for hydroxylation is 1. The first-order valence-electron chi connectivity index (χ1n) is 7.44. The highest BCUT2D eigenvalue weighted by atomic mass is 35.5. The molecule has 2 rings (SSSR count). The number of nitrogens with zero attached hydrogens (tertiary/aromatic N) is 1. The molecule has 0 fully saturated rings. The Kier molecular flexibility index (Phi) is 5.80. The van der Waals surface area contributed by atoms with Gasteiger partial charge in [0.1, 0.15) is 0 Å². The zero-order valence-electron chi connectivity index (χ0n) is 13.2. The van der Waals surface area contributed by atoms with Gasteiger partial charge in [-0.2, -0.15) is 0 Å². The largest absolute Gasteiger partial charge is 0.321 e. The molecule has 0 aliphatic rings. The summed E-state index contributed by atoms with van der Waals surface area (Å²) in [5.74, 6) is -0.429. The summed E-state index contributed by atoms with van der Waals surface area (Å²) in [5.41, 5.74) is 2.49. The third-order valence-electron chi connectivity index (χ3n) is 3.72.